The van der Waals surface area contributed by atoms with Gasteiger partial charge in [-0.25, -0.2) is 19.7 Å². The van der Waals surface area contributed by atoms with Crippen LogP contribution in [0.4, 0.5) is 10.5 Å². The van der Waals surface area contributed by atoms with E-state index in [4.69, 9.17) is 9.84 Å². The molecule has 1 amide bonds. The summed E-state index contributed by atoms with van der Waals surface area (Å²) >= 11 is 0. The van der Waals surface area contributed by atoms with E-state index in [0.29, 0.717) is 28.8 Å². The predicted octanol–water partition coefficient (Wildman–Crippen LogP) is 2.14. The number of aromatic amines is 1. The fourth-order valence-electron chi connectivity index (χ4n) is 1.70. The van der Waals surface area contributed by atoms with E-state index >= 15 is 0 Å². The summed E-state index contributed by atoms with van der Waals surface area (Å²) in [7, 11) is 0. The van der Waals surface area contributed by atoms with Crippen molar-refractivity contribution >= 4 is 11.8 Å². The zero-order chi connectivity index (χ0) is 15.4. The third-order valence-corrected chi connectivity index (χ3v) is 2.63. The van der Waals surface area contributed by atoms with Crippen molar-refractivity contribution in [3.63, 3.8) is 0 Å². The van der Waals surface area contributed by atoms with Crippen LogP contribution < -0.4 is 10.1 Å². The van der Waals surface area contributed by atoms with Gasteiger partial charge in [-0.2, -0.15) is 5.10 Å². The Bertz CT molecular complexity index is 773. The van der Waals surface area contributed by atoms with Crippen LogP contribution >= 0.6 is 0 Å². The summed E-state index contributed by atoms with van der Waals surface area (Å²) in [5.74, 6) is 1.35. The molecular formula is C13H10N6O3. The number of carboxylic acid groups (broad SMARTS) is 1. The van der Waals surface area contributed by atoms with Crippen molar-refractivity contribution < 1.29 is 14.6 Å². The highest BCUT2D eigenvalue weighted by molar-refractivity contribution is 5.82. The Balaban J connectivity index is 1.76. The molecule has 0 bridgehead atoms. The molecule has 3 N–H and O–H groups in total. The van der Waals surface area contributed by atoms with Crippen LogP contribution in [0, 0.1) is 0 Å². The number of nitrogens with zero attached hydrogens (tertiary/aromatic N) is 4. The summed E-state index contributed by atoms with van der Waals surface area (Å²) in [6.07, 6.45) is 1.61. The maximum atomic E-state index is 10.5. The quantitative estimate of drug-likeness (QED) is 0.673. The minimum Gasteiger partial charge on any atom is -0.465 e. The summed E-state index contributed by atoms with van der Waals surface area (Å²) in [5.41, 5.74) is 0.997. The molecule has 0 unspecified atom stereocenters. The fraction of sp³-hybridized carbons (Fsp3) is 0. The lowest BCUT2D eigenvalue weighted by atomic mass is 10.3. The lowest BCUT2D eigenvalue weighted by Crippen LogP contribution is -2.06. The minimum absolute atomic E-state index is 0.334. The number of nitrogens with one attached hydrogen (secondary N) is 2. The highest BCUT2D eigenvalue weighted by Crippen LogP contribution is 2.23. The summed E-state index contributed by atoms with van der Waals surface area (Å²) in [4.78, 5) is 22.6. The first kappa shape index (κ1) is 13.5. The maximum absolute atomic E-state index is 10.5. The number of hydrogen-bond donors (Lipinski definition) is 3. The summed E-state index contributed by atoms with van der Waals surface area (Å²) in [6, 6.07) is 8.04. The Morgan fingerprint density at radius 2 is 1.95 bits per heavy atom. The van der Waals surface area contributed by atoms with E-state index in [1.807, 2.05) is 0 Å². The Morgan fingerprint density at radius 1 is 1.14 bits per heavy atom. The van der Waals surface area contributed by atoms with Gasteiger partial charge >= 0.3 is 6.09 Å². The molecule has 2 heterocycles. The molecule has 9 nitrogen and oxygen atoms in total. The van der Waals surface area contributed by atoms with Gasteiger partial charge in [-0.15, -0.1) is 0 Å². The Labute approximate surface area is 124 Å². The average Bonchev–Trinajstić information content (AvgIpc) is 3.03. The zero-order valence-corrected chi connectivity index (χ0v) is 11.1. The highest BCUT2D eigenvalue weighted by atomic mass is 16.5. The van der Waals surface area contributed by atoms with Gasteiger partial charge < -0.3 is 9.84 Å². The molecular weight excluding hydrogens is 288 g/mol. The van der Waals surface area contributed by atoms with Gasteiger partial charge in [0, 0.05) is 11.8 Å². The number of aromatic nitrogens is 5. The monoisotopic (exact) mass is 298 g/mol. The minimum atomic E-state index is -1.12. The molecule has 3 aromatic rings. The zero-order valence-electron chi connectivity index (χ0n) is 11.1. The third-order valence-electron chi connectivity index (χ3n) is 2.63. The molecule has 0 saturated heterocycles. The largest absolute Gasteiger partial charge is 0.465 e. The molecule has 0 atom stereocenters. The van der Waals surface area contributed by atoms with Gasteiger partial charge in [0.1, 0.15) is 24.1 Å². The van der Waals surface area contributed by atoms with Crippen LogP contribution in [0.5, 0.6) is 11.6 Å². The van der Waals surface area contributed by atoms with Gasteiger partial charge in [0.15, 0.2) is 5.82 Å². The van der Waals surface area contributed by atoms with Crippen LogP contribution in [0.25, 0.3) is 11.5 Å². The lowest BCUT2D eigenvalue weighted by Gasteiger charge is -2.06. The Kier molecular flexibility index (Phi) is 3.60. The Hall–Kier alpha value is -3.49. The fourth-order valence-corrected chi connectivity index (χ4v) is 1.70. The number of H-pyrrole nitrogens is 1. The average molecular weight is 298 g/mol. The van der Waals surface area contributed by atoms with Gasteiger partial charge in [-0.05, 0) is 24.3 Å². The van der Waals surface area contributed by atoms with Crippen molar-refractivity contribution in [1.29, 1.82) is 0 Å². The van der Waals surface area contributed by atoms with Crippen LogP contribution in [0.2, 0.25) is 0 Å². The number of ether oxygens (including phenoxy) is 1. The lowest BCUT2D eigenvalue weighted by molar-refractivity contribution is 0.209. The van der Waals surface area contributed by atoms with Crippen LogP contribution in [0.1, 0.15) is 0 Å². The predicted molar refractivity (Wildman–Crippen MR) is 75.6 cm³/mol. The number of hydrogen-bond acceptors (Lipinski definition) is 6. The normalized spacial score (nSPS) is 10.2. The third kappa shape index (κ3) is 3.15. The molecule has 0 saturated carbocycles. The molecule has 0 aliphatic rings. The molecule has 0 fully saturated rings. The molecule has 0 aliphatic carbocycles. The first-order valence-corrected chi connectivity index (χ1v) is 6.16. The van der Waals surface area contributed by atoms with Crippen molar-refractivity contribution in [3.05, 3.63) is 43.0 Å². The van der Waals surface area contributed by atoms with E-state index in [-0.39, 0.29) is 0 Å². The Morgan fingerprint density at radius 3 is 2.64 bits per heavy atom. The van der Waals surface area contributed by atoms with Crippen molar-refractivity contribution in [3.8, 4) is 23.1 Å². The standard InChI is InChI=1S/C13H10N6O3/c20-13(21)18-8-1-3-9(4-2-8)22-11-5-10(14-6-15-11)12-16-7-17-19-12/h1-7,18H,(H,20,21)(H,16,17,19). The number of carbonyl (C=O) groups is 1. The first-order valence-electron chi connectivity index (χ1n) is 6.16. The molecule has 110 valence electrons. The number of amides is 1. The number of rotatable bonds is 4. The second-order valence-electron chi connectivity index (χ2n) is 4.13. The van der Waals surface area contributed by atoms with Crippen molar-refractivity contribution in [2.75, 3.05) is 5.32 Å². The molecule has 3 rings (SSSR count). The molecule has 0 radical (unpaired) electrons. The van der Waals surface area contributed by atoms with Crippen LogP contribution in [0.3, 0.4) is 0 Å². The van der Waals surface area contributed by atoms with E-state index in [9.17, 15) is 4.79 Å². The van der Waals surface area contributed by atoms with Gasteiger partial charge in [-0.1, -0.05) is 0 Å². The van der Waals surface area contributed by atoms with Crippen LogP contribution in [-0.2, 0) is 0 Å². The van der Waals surface area contributed by atoms with Crippen molar-refractivity contribution in [1.82, 2.24) is 25.1 Å². The van der Waals surface area contributed by atoms with E-state index in [0.717, 1.165) is 0 Å². The second kappa shape index (κ2) is 5.87. The molecule has 1 aromatic carbocycles. The second-order valence-corrected chi connectivity index (χ2v) is 4.13. The van der Waals surface area contributed by atoms with Gasteiger partial charge in [0.05, 0.1) is 0 Å². The van der Waals surface area contributed by atoms with E-state index in [1.54, 1.807) is 30.3 Å². The summed E-state index contributed by atoms with van der Waals surface area (Å²) < 4.78 is 5.59. The van der Waals surface area contributed by atoms with Gasteiger partial charge in [0.25, 0.3) is 0 Å². The van der Waals surface area contributed by atoms with Gasteiger partial charge in [-0.3, -0.25) is 10.4 Å². The van der Waals surface area contributed by atoms with Crippen molar-refractivity contribution in [2.45, 2.75) is 0 Å². The molecule has 2 aromatic heterocycles. The first-order chi connectivity index (χ1) is 10.7. The van der Waals surface area contributed by atoms with E-state index in [2.05, 4.69) is 30.5 Å². The maximum Gasteiger partial charge on any atom is 0.409 e. The highest BCUT2D eigenvalue weighted by Gasteiger charge is 2.06. The molecule has 9 heteroatoms. The summed E-state index contributed by atoms with van der Waals surface area (Å²) in [6.45, 7) is 0. The van der Waals surface area contributed by atoms with Crippen LogP contribution in [0.15, 0.2) is 43.0 Å². The topological polar surface area (TPSA) is 126 Å². The van der Waals surface area contributed by atoms with Gasteiger partial charge in [0.2, 0.25) is 5.88 Å². The molecule has 0 aliphatic heterocycles. The van der Waals surface area contributed by atoms with Crippen molar-refractivity contribution in [2.24, 2.45) is 0 Å². The number of anilines is 1. The van der Waals surface area contributed by atoms with Crippen LogP contribution in [-0.4, -0.2) is 36.3 Å². The summed E-state index contributed by atoms with van der Waals surface area (Å²) in [5, 5.41) is 17.3. The molecule has 0 spiro atoms. The number of benzene rings is 1. The smallest absolute Gasteiger partial charge is 0.409 e. The molecule has 22 heavy (non-hydrogen) atoms. The van der Waals surface area contributed by atoms with E-state index in [1.165, 1.54) is 12.7 Å². The van der Waals surface area contributed by atoms with E-state index < -0.39 is 6.09 Å². The SMILES string of the molecule is O=C(O)Nc1ccc(Oc2cc(-c3ncn[nH]3)ncn2)cc1.